The van der Waals surface area contributed by atoms with Gasteiger partial charge in [0.15, 0.2) is 0 Å². The van der Waals surface area contributed by atoms with Gasteiger partial charge in [-0.05, 0) is 24.3 Å². The molecule has 2 aromatic rings. The Morgan fingerprint density at radius 3 is 3.05 bits per heavy atom. The number of aromatic nitrogens is 2. The van der Waals surface area contributed by atoms with E-state index in [4.69, 9.17) is 0 Å². The predicted molar refractivity (Wildman–Crippen MR) is 74.6 cm³/mol. The molecule has 1 amide bonds. The lowest BCUT2D eigenvalue weighted by Crippen LogP contribution is -2.38. The number of rotatable bonds is 3. The lowest BCUT2D eigenvalue weighted by molar-refractivity contribution is 0.0700. The van der Waals surface area contributed by atoms with Gasteiger partial charge in [0.05, 0.1) is 18.3 Å². The van der Waals surface area contributed by atoms with Crippen LogP contribution in [0.25, 0.3) is 5.69 Å². The largest absolute Gasteiger partial charge is 0.394 e. The number of amides is 1. The zero-order chi connectivity index (χ0) is 13.9. The van der Waals surface area contributed by atoms with E-state index in [1.807, 2.05) is 42.6 Å². The van der Waals surface area contributed by atoms with Crippen molar-refractivity contribution in [1.82, 2.24) is 14.7 Å². The molecule has 1 atom stereocenters. The summed E-state index contributed by atoms with van der Waals surface area (Å²) in [7, 11) is 0. The lowest BCUT2D eigenvalue weighted by atomic mass is 10.1. The van der Waals surface area contributed by atoms with Gasteiger partial charge < -0.3 is 10.0 Å². The van der Waals surface area contributed by atoms with Crippen LogP contribution in [0.5, 0.6) is 0 Å². The van der Waals surface area contributed by atoms with Crippen LogP contribution in [-0.2, 0) is 0 Å². The van der Waals surface area contributed by atoms with Crippen molar-refractivity contribution < 1.29 is 9.90 Å². The molecule has 0 spiro atoms. The highest BCUT2D eigenvalue weighted by Crippen LogP contribution is 2.16. The number of carbonyl (C=O) groups is 1. The topological polar surface area (TPSA) is 58.4 Å². The van der Waals surface area contributed by atoms with Crippen LogP contribution in [0.1, 0.15) is 10.4 Å². The minimum Gasteiger partial charge on any atom is -0.394 e. The normalized spacial score (nSPS) is 17.6. The molecule has 1 aliphatic rings. The molecule has 5 heteroatoms. The smallest absolute Gasteiger partial charge is 0.254 e. The zero-order valence-electron chi connectivity index (χ0n) is 10.9. The molecule has 1 aliphatic heterocycles. The number of hydrogen-bond acceptors (Lipinski definition) is 3. The van der Waals surface area contributed by atoms with Gasteiger partial charge in [-0.15, -0.1) is 0 Å². The molecule has 2 heterocycles. The minimum absolute atomic E-state index is 0.0545. The first kappa shape index (κ1) is 12.6. The third-order valence-electron chi connectivity index (χ3n) is 3.37. The van der Waals surface area contributed by atoms with Gasteiger partial charge in [-0.1, -0.05) is 18.2 Å². The molecule has 1 aromatic carbocycles. The number of nitrogens with zero attached hydrogens (tertiary/aromatic N) is 3. The molecule has 0 saturated heterocycles. The number of hydrogen-bond donors (Lipinski definition) is 1. The highest BCUT2D eigenvalue weighted by Gasteiger charge is 2.25. The molecule has 0 fully saturated rings. The second-order valence-corrected chi connectivity index (χ2v) is 4.64. The fourth-order valence-corrected chi connectivity index (χ4v) is 2.33. The SMILES string of the molecule is O=C(c1cccc(-n2cccn2)c1)N1CC=C[C@@H]1CO. The van der Waals surface area contributed by atoms with Crippen LogP contribution in [0, 0.1) is 0 Å². The van der Waals surface area contributed by atoms with E-state index in [-0.39, 0.29) is 18.6 Å². The average molecular weight is 269 g/mol. The third kappa shape index (κ3) is 2.23. The summed E-state index contributed by atoms with van der Waals surface area (Å²) in [5, 5.41) is 13.4. The summed E-state index contributed by atoms with van der Waals surface area (Å²) in [5.74, 6) is -0.0805. The molecule has 102 valence electrons. The first-order chi connectivity index (χ1) is 9.79. The van der Waals surface area contributed by atoms with Gasteiger partial charge in [-0.25, -0.2) is 4.68 Å². The highest BCUT2D eigenvalue weighted by molar-refractivity contribution is 5.95. The Hall–Kier alpha value is -2.40. The third-order valence-corrected chi connectivity index (χ3v) is 3.37. The number of benzene rings is 1. The van der Waals surface area contributed by atoms with Gasteiger partial charge in [0.25, 0.3) is 5.91 Å². The van der Waals surface area contributed by atoms with Crippen molar-refractivity contribution in [3.8, 4) is 5.69 Å². The maximum atomic E-state index is 12.5. The van der Waals surface area contributed by atoms with Crippen LogP contribution in [0.3, 0.4) is 0 Å². The Balaban J connectivity index is 1.87. The van der Waals surface area contributed by atoms with Crippen molar-refractivity contribution in [2.45, 2.75) is 6.04 Å². The monoisotopic (exact) mass is 269 g/mol. The van der Waals surface area contributed by atoms with Gasteiger partial charge in [0, 0.05) is 24.5 Å². The summed E-state index contributed by atoms with van der Waals surface area (Å²) in [6.45, 7) is 0.483. The Labute approximate surface area is 116 Å². The van der Waals surface area contributed by atoms with Gasteiger partial charge >= 0.3 is 0 Å². The molecule has 3 rings (SSSR count). The van der Waals surface area contributed by atoms with Gasteiger partial charge in [-0.3, -0.25) is 4.79 Å². The Kier molecular flexibility index (Phi) is 3.35. The van der Waals surface area contributed by atoms with E-state index in [1.165, 1.54) is 0 Å². The van der Waals surface area contributed by atoms with Gasteiger partial charge in [0.2, 0.25) is 0 Å². The van der Waals surface area contributed by atoms with Crippen LogP contribution < -0.4 is 0 Å². The molecule has 5 nitrogen and oxygen atoms in total. The average Bonchev–Trinajstić information content (AvgIpc) is 3.17. The quantitative estimate of drug-likeness (QED) is 0.853. The standard InChI is InChI=1S/C15H15N3O2/c19-11-14-6-2-8-17(14)15(20)12-4-1-5-13(10-12)18-9-3-7-16-18/h1-7,9-10,14,19H,8,11H2/t14-/m1/s1. The number of carbonyl (C=O) groups excluding carboxylic acids is 1. The number of aliphatic hydroxyl groups excluding tert-OH is 1. The molecule has 1 N–H and O–H groups in total. The van der Waals surface area contributed by atoms with E-state index in [0.29, 0.717) is 12.1 Å². The zero-order valence-corrected chi connectivity index (χ0v) is 10.9. The van der Waals surface area contributed by atoms with E-state index in [2.05, 4.69) is 5.10 Å². The van der Waals surface area contributed by atoms with Crippen LogP contribution in [0.2, 0.25) is 0 Å². The number of aliphatic hydroxyl groups is 1. The molecular weight excluding hydrogens is 254 g/mol. The molecule has 0 unspecified atom stereocenters. The molecule has 20 heavy (non-hydrogen) atoms. The van der Waals surface area contributed by atoms with E-state index >= 15 is 0 Å². The summed E-state index contributed by atoms with van der Waals surface area (Å²) in [6, 6.07) is 8.93. The molecule has 0 aliphatic carbocycles. The molecule has 0 radical (unpaired) electrons. The maximum absolute atomic E-state index is 12.5. The summed E-state index contributed by atoms with van der Waals surface area (Å²) in [4.78, 5) is 14.1. The molecule has 1 aromatic heterocycles. The van der Waals surface area contributed by atoms with E-state index in [0.717, 1.165) is 5.69 Å². The van der Waals surface area contributed by atoms with Crippen LogP contribution in [0.15, 0.2) is 54.9 Å². The maximum Gasteiger partial charge on any atom is 0.254 e. The van der Waals surface area contributed by atoms with E-state index in [9.17, 15) is 9.90 Å². The summed E-state index contributed by atoms with van der Waals surface area (Å²) < 4.78 is 1.71. The Bertz CT molecular complexity index is 634. The van der Waals surface area contributed by atoms with E-state index in [1.54, 1.807) is 21.8 Å². The Morgan fingerprint density at radius 2 is 2.30 bits per heavy atom. The summed E-state index contributed by atoms with van der Waals surface area (Å²) >= 11 is 0. The second-order valence-electron chi connectivity index (χ2n) is 4.64. The van der Waals surface area contributed by atoms with Crippen molar-refractivity contribution in [3.63, 3.8) is 0 Å². The van der Waals surface area contributed by atoms with Crippen molar-refractivity contribution >= 4 is 5.91 Å². The van der Waals surface area contributed by atoms with Gasteiger partial charge in [0.1, 0.15) is 0 Å². The molecular formula is C15H15N3O2. The summed E-state index contributed by atoms with van der Waals surface area (Å²) in [6.07, 6.45) is 7.28. The predicted octanol–water partition coefficient (Wildman–Crippen LogP) is 1.25. The van der Waals surface area contributed by atoms with Crippen LogP contribution in [-0.4, -0.2) is 44.9 Å². The minimum atomic E-state index is -0.226. The fraction of sp³-hybridized carbons (Fsp3) is 0.200. The Morgan fingerprint density at radius 1 is 1.40 bits per heavy atom. The molecule has 0 bridgehead atoms. The molecule has 0 saturated carbocycles. The van der Waals surface area contributed by atoms with Crippen molar-refractivity contribution in [2.24, 2.45) is 0 Å². The lowest BCUT2D eigenvalue weighted by Gasteiger charge is -2.23. The van der Waals surface area contributed by atoms with E-state index < -0.39 is 0 Å². The summed E-state index contributed by atoms with van der Waals surface area (Å²) in [5.41, 5.74) is 1.44. The fourth-order valence-electron chi connectivity index (χ4n) is 2.33. The van der Waals surface area contributed by atoms with Crippen molar-refractivity contribution in [3.05, 3.63) is 60.4 Å². The van der Waals surface area contributed by atoms with Crippen molar-refractivity contribution in [2.75, 3.05) is 13.2 Å². The first-order valence-corrected chi connectivity index (χ1v) is 6.48. The van der Waals surface area contributed by atoms with Crippen molar-refractivity contribution in [1.29, 1.82) is 0 Å². The van der Waals surface area contributed by atoms with Crippen LogP contribution in [0.4, 0.5) is 0 Å². The highest BCUT2D eigenvalue weighted by atomic mass is 16.3. The van der Waals surface area contributed by atoms with Crippen LogP contribution >= 0.6 is 0 Å². The second kappa shape index (κ2) is 5.30. The van der Waals surface area contributed by atoms with Gasteiger partial charge in [-0.2, -0.15) is 5.10 Å². The first-order valence-electron chi connectivity index (χ1n) is 6.48.